The van der Waals surface area contributed by atoms with Crippen molar-refractivity contribution in [3.05, 3.63) is 99.8 Å². The van der Waals surface area contributed by atoms with Gasteiger partial charge < -0.3 is 4.90 Å². The third kappa shape index (κ3) is 8.35. The lowest BCUT2D eigenvalue weighted by Gasteiger charge is -2.31. The van der Waals surface area contributed by atoms with Gasteiger partial charge in [0.1, 0.15) is 18.2 Å². The van der Waals surface area contributed by atoms with E-state index in [0.29, 0.717) is 28.6 Å². The Hall–Kier alpha value is -4.26. The summed E-state index contributed by atoms with van der Waals surface area (Å²) in [4.78, 5) is 16.9. The molecule has 3 aliphatic rings. The van der Waals surface area contributed by atoms with Gasteiger partial charge in [-0.15, -0.1) is 0 Å². The van der Waals surface area contributed by atoms with E-state index in [1.807, 2.05) is 12.2 Å². The van der Waals surface area contributed by atoms with Gasteiger partial charge in [-0.2, -0.15) is 9.84 Å². The predicted octanol–water partition coefficient (Wildman–Crippen LogP) is 12.0. The van der Waals surface area contributed by atoms with E-state index in [-0.39, 0.29) is 22.2 Å². The molecule has 2 atom stereocenters. The molecular formula is C49H65N4O+. The zero-order chi connectivity index (χ0) is 39.4. The van der Waals surface area contributed by atoms with Crippen LogP contribution in [0.3, 0.4) is 0 Å². The standard InChI is InChI=1S/C49H65N4O/c1-33(2)17-15-19-35(5)25-27-52-42-23-13-11-21-40(42)48(7,8)44(52)29-38-46(37(31-50)32-51)39(47(38)54)30-45-49(9,10)41-22-12-14-24-43(41)53(45)28-26-36(6)20-16-18-34(3)4/h11-14,21-24,29-30,33-36,50H,15-20,25-28H2,1-10H3/q+1. The molecule has 286 valence electrons. The van der Waals surface area contributed by atoms with Gasteiger partial charge in [-0.05, 0) is 67.5 Å². The number of carbonyl (C=O) groups excluding carboxylic acids is 1. The van der Waals surface area contributed by atoms with Gasteiger partial charge in [0.2, 0.25) is 5.69 Å². The molecule has 2 unspecified atom stereocenters. The molecule has 2 aromatic rings. The molecule has 54 heavy (non-hydrogen) atoms. The number of nitrogens with one attached hydrogen (secondary N) is 1. The lowest BCUT2D eigenvalue weighted by atomic mass is 9.73. The summed E-state index contributed by atoms with van der Waals surface area (Å²) in [5, 5.41) is 18.5. The minimum Gasteiger partial charge on any atom is -0.344 e. The molecule has 0 radical (unpaired) electrons. The zero-order valence-corrected chi connectivity index (χ0v) is 34.9. The normalized spacial score (nSPS) is 19.7. The number of carbonyl (C=O) groups is 1. The Labute approximate surface area is 326 Å². The molecule has 0 fully saturated rings. The van der Waals surface area contributed by atoms with Crippen LogP contribution in [-0.4, -0.2) is 35.0 Å². The second-order valence-corrected chi connectivity index (χ2v) is 18.2. The van der Waals surface area contributed by atoms with E-state index in [2.05, 4.69) is 139 Å². The summed E-state index contributed by atoms with van der Waals surface area (Å²) in [7, 11) is 0. The van der Waals surface area contributed by atoms with Crippen LogP contribution >= 0.6 is 0 Å². The first-order valence-corrected chi connectivity index (χ1v) is 20.7. The largest absolute Gasteiger partial charge is 0.344 e. The molecule has 1 aliphatic carbocycles. The minimum atomic E-state index is -0.344. The molecule has 0 aromatic heterocycles. The average molecular weight is 726 g/mol. The zero-order valence-electron chi connectivity index (χ0n) is 34.9. The van der Waals surface area contributed by atoms with Gasteiger partial charge in [-0.1, -0.05) is 130 Å². The number of ketones is 1. The van der Waals surface area contributed by atoms with E-state index in [4.69, 9.17) is 5.41 Å². The minimum absolute atomic E-state index is 0.0736. The number of benzene rings is 2. The van der Waals surface area contributed by atoms with E-state index < -0.39 is 0 Å². The van der Waals surface area contributed by atoms with Gasteiger partial charge in [-0.25, -0.2) is 0 Å². The fourth-order valence-electron chi connectivity index (χ4n) is 8.84. The summed E-state index contributed by atoms with van der Waals surface area (Å²) in [5.74, 6) is 4.95. The molecule has 2 heterocycles. The fourth-order valence-corrected chi connectivity index (χ4v) is 8.84. The van der Waals surface area contributed by atoms with Crippen molar-refractivity contribution in [2.45, 2.75) is 131 Å². The van der Waals surface area contributed by atoms with Gasteiger partial charge in [0.05, 0.1) is 5.41 Å². The molecule has 5 nitrogen and oxygen atoms in total. The number of para-hydroxylation sites is 2. The highest BCUT2D eigenvalue weighted by atomic mass is 16.1. The maximum absolute atomic E-state index is 14.5. The molecule has 5 heteroatoms. The van der Waals surface area contributed by atoms with Crippen LogP contribution in [0.5, 0.6) is 0 Å². The first kappa shape index (κ1) is 40.9. The third-order valence-corrected chi connectivity index (χ3v) is 12.3. The number of allylic oxidation sites excluding steroid dienone is 7. The molecular weight excluding hydrogens is 661 g/mol. The Morgan fingerprint density at radius 3 is 2.00 bits per heavy atom. The lowest BCUT2D eigenvalue weighted by Crippen LogP contribution is -2.33. The van der Waals surface area contributed by atoms with Crippen molar-refractivity contribution in [2.24, 2.45) is 23.7 Å². The monoisotopic (exact) mass is 726 g/mol. The Bertz CT molecular complexity index is 1950. The first-order valence-electron chi connectivity index (χ1n) is 20.7. The lowest BCUT2D eigenvalue weighted by molar-refractivity contribution is -0.439. The summed E-state index contributed by atoms with van der Waals surface area (Å²) < 4.78 is 2.41. The smallest absolute Gasteiger partial charge is 0.209 e. The van der Waals surface area contributed by atoms with Crippen LogP contribution in [-0.2, 0) is 15.6 Å². The number of rotatable bonds is 17. The van der Waals surface area contributed by atoms with Crippen molar-refractivity contribution < 1.29 is 9.37 Å². The van der Waals surface area contributed by atoms with Crippen molar-refractivity contribution in [3.8, 4) is 6.07 Å². The van der Waals surface area contributed by atoms with Gasteiger partial charge in [-0.3, -0.25) is 10.2 Å². The van der Waals surface area contributed by atoms with Crippen LogP contribution < -0.4 is 4.90 Å². The van der Waals surface area contributed by atoms with Gasteiger partial charge in [0.25, 0.3) is 0 Å². The molecule has 0 saturated carbocycles. The third-order valence-electron chi connectivity index (χ3n) is 12.3. The molecule has 2 aliphatic heterocycles. The highest BCUT2D eigenvalue weighted by molar-refractivity contribution is 6.27. The topological polar surface area (TPSA) is 71.0 Å². The van der Waals surface area contributed by atoms with Crippen LogP contribution in [0.25, 0.3) is 0 Å². The number of Topliss-reactive ketones (excluding diaryl/α,β-unsaturated/α-hetero) is 1. The first-order chi connectivity index (χ1) is 25.6. The summed E-state index contributed by atoms with van der Waals surface area (Å²) >= 11 is 0. The Morgan fingerprint density at radius 2 is 1.39 bits per heavy atom. The van der Waals surface area contributed by atoms with E-state index >= 15 is 0 Å². The van der Waals surface area contributed by atoms with E-state index in [9.17, 15) is 10.1 Å². The molecule has 1 N–H and O–H groups in total. The summed E-state index contributed by atoms with van der Waals surface area (Å²) in [5.41, 5.74) is 7.95. The van der Waals surface area contributed by atoms with Gasteiger partial charge in [0, 0.05) is 64.2 Å². The number of hydrogen-bond acceptors (Lipinski definition) is 4. The number of hydrogen-bond donors (Lipinski definition) is 1. The van der Waals surface area contributed by atoms with Crippen LogP contribution in [0.4, 0.5) is 11.4 Å². The Balaban J connectivity index is 1.56. The Kier molecular flexibility index (Phi) is 12.9. The number of anilines is 1. The van der Waals surface area contributed by atoms with Crippen molar-refractivity contribution >= 4 is 28.7 Å². The van der Waals surface area contributed by atoms with Crippen molar-refractivity contribution in [1.29, 1.82) is 10.7 Å². The maximum atomic E-state index is 14.5. The van der Waals surface area contributed by atoms with Crippen molar-refractivity contribution in [1.82, 2.24) is 0 Å². The average Bonchev–Trinajstić information content (AvgIpc) is 3.48. The molecule has 5 rings (SSSR count). The molecule has 0 spiro atoms. The highest BCUT2D eigenvalue weighted by Crippen LogP contribution is 2.50. The second-order valence-electron chi connectivity index (χ2n) is 18.2. The number of nitrogens with zero attached hydrogens (tertiary/aromatic N) is 3. The summed E-state index contributed by atoms with van der Waals surface area (Å²) in [6.45, 7) is 24.5. The second kappa shape index (κ2) is 17.0. The maximum Gasteiger partial charge on any atom is 0.209 e. The van der Waals surface area contributed by atoms with Crippen LogP contribution in [0.1, 0.15) is 132 Å². The molecule has 0 saturated heterocycles. The summed E-state index contributed by atoms with van der Waals surface area (Å²) in [6.07, 6.45) is 13.6. The molecule has 0 amide bonds. The highest BCUT2D eigenvalue weighted by Gasteiger charge is 2.47. The van der Waals surface area contributed by atoms with Crippen LogP contribution in [0.15, 0.2) is 88.7 Å². The SMILES string of the molecule is CC(C)CCCC(C)CCN1/C(=C/C2=C(C(=C=N)C#N)C(=C/C3=[N+](CCC(C)CCCC(C)C)c4ccccc4C3(C)C)/C2=O)C(C)(C)c2ccccc21. The van der Waals surface area contributed by atoms with Crippen molar-refractivity contribution in [2.75, 3.05) is 18.0 Å². The van der Waals surface area contributed by atoms with E-state index in [1.54, 1.807) is 0 Å². The number of fused-ring (bicyclic) bond motifs is 2. The van der Waals surface area contributed by atoms with E-state index in [1.165, 1.54) is 61.0 Å². The van der Waals surface area contributed by atoms with Gasteiger partial charge >= 0.3 is 0 Å². The summed E-state index contributed by atoms with van der Waals surface area (Å²) in [6, 6.07) is 19.4. The Morgan fingerprint density at radius 1 is 0.796 bits per heavy atom. The number of nitriles is 1. The molecule has 2 aromatic carbocycles. The van der Waals surface area contributed by atoms with E-state index in [0.717, 1.165) is 49.2 Å². The molecule has 0 bridgehead atoms. The van der Waals surface area contributed by atoms with Gasteiger partial charge in [0.15, 0.2) is 11.5 Å². The predicted molar refractivity (Wildman–Crippen MR) is 226 cm³/mol. The quantitative estimate of drug-likeness (QED) is 0.0764. The van der Waals surface area contributed by atoms with Crippen LogP contribution in [0.2, 0.25) is 0 Å². The fraction of sp³-hybridized carbons (Fsp3) is 0.531. The van der Waals surface area contributed by atoms with Crippen molar-refractivity contribution in [3.63, 3.8) is 0 Å². The van der Waals surface area contributed by atoms with Crippen LogP contribution in [0, 0.1) is 40.4 Å².